The molecule has 1 aliphatic rings. The van der Waals surface area contributed by atoms with E-state index in [2.05, 4.69) is 5.10 Å². The molecule has 0 saturated heterocycles. The van der Waals surface area contributed by atoms with Crippen LogP contribution >= 0.6 is 0 Å². The molecule has 0 spiro atoms. The highest BCUT2D eigenvalue weighted by Crippen LogP contribution is 2.42. The molecule has 0 saturated carbocycles. The quantitative estimate of drug-likeness (QED) is 0.737. The van der Waals surface area contributed by atoms with Gasteiger partial charge in [-0.05, 0) is 40.8 Å². The molecule has 154 valence electrons. The van der Waals surface area contributed by atoms with Crippen molar-refractivity contribution in [3.63, 3.8) is 0 Å². The second-order valence-corrected chi connectivity index (χ2v) is 7.99. The summed E-state index contributed by atoms with van der Waals surface area (Å²) in [5, 5.41) is 14.2. The average molecular weight is 408 g/mol. The lowest BCUT2D eigenvalue weighted by Gasteiger charge is -2.32. The Hall–Kier alpha value is -2.74. The summed E-state index contributed by atoms with van der Waals surface area (Å²) in [5.41, 5.74) is -2.80. The Morgan fingerprint density at radius 1 is 1.03 bits per heavy atom. The zero-order chi connectivity index (χ0) is 21.6. The highest BCUT2D eigenvalue weighted by molar-refractivity contribution is 6.05. The summed E-state index contributed by atoms with van der Waals surface area (Å²) in [6, 6.07) is 10.8. The topological polar surface area (TPSA) is 52.9 Å². The van der Waals surface area contributed by atoms with Crippen LogP contribution in [0, 0.1) is 5.82 Å². The van der Waals surface area contributed by atoms with Gasteiger partial charge in [0.1, 0.15) is 5.82 Å². The van der Waals surface area contributed by atoms with Gasteiger partial charge in [-0.3, -0.25) is 4.79 Å². The van der Waals surface area contributed by atoms with Crippen molar-refractivity contribution in [3.05, 3.63) is 71.0 Å². The molecule has 0 radical (unpaired) electrons. The minimum Gasteiger partial charge on any atom is -0.362 e. The van der Waals surface area contributed by atoms with Crippen LogP contribution in [0.3, 0.4) is 0 Å². The summed E-state index contributed by atoms with van der Waals surface area (Å²) in [5.74, 6) is -1.65. The molecule has 0 bridgehead atoms. The molecular weight excluding hydrogens is 388 g/mol. The van der Waals surface area contributed by atoms with Crippen molar-refractivity contribution in [3.8, 4) is 0 Å². The maximum Gasteiger partial charge on any atom is 0.438 e. The number of carbonyl (C=O) groups excluding carboxylic acids is 1. The van der Waals surface area contributed by atoms with Crippen LogP contribution in [0.1, 0.15) is 48.7 Å². The van der Waals surface area contributed by atoms with Crippen molar-refractivity contribution >= 4 is 11.6 Å². The number of hydrogen-bond acceptors (Lipinski definition) is 3. The zero-order valence-corrected chi connectivity index (χ0v) is 16.1. The molecule has 1 amide bonds. The third-order valence-electron chi connectivity index (χ3n) is 4.81. The molecule has 0 aliphatic carbocycles. The van der Waals surface area contributed by atoms with Crippen molar-refractivity contribution in [1.29, 1.82) is 0 Å². The predicted octanol–water partition coefficient (Wildman–Crippen LogP) is 4.62. The second kappa shape index (κ2) is 6.95. The summed E-state index contributed by atoms with van der Waals surface area (Å²) < 4.78 is 54.1. The van der Waals surface area contributed by atoms with Gasteiger partial charge in [-0.15, -0.1) is 0 Å². The van der Waals surface area contributed by atoms with Crippen LogP contribution in [0.4, 0.5) is 17.6 Å². The number of aliphatic hydroxyl groups is 1. The lowest BCUT2D eigenvalue weighted by atomic mass is 9.86. The first-order valence-electron chi connectivity index (χ1n) is 8.90. The highest BCUT2D eigenvalue weighted by atomic mass is 19.4. The monoisotopic (exact) mass is 408 g/mol. The van der Waals surface area contributed by atoms with E-state index < -0.39 is 30.0 Å². The summed E-state index contributed by atoms with van der Waals surface area (Å²) >= 11 is 0. The van der Waals surface area contributed by atoms with Gasteiger partial charge >= 0.3 is 6.18 Å². The number of alkyl halides is 3. The summed E-state index contributed by atoms with van der Waals surface area (Å²) in [7, 11) is 0. The molecule has 0 aromatic heterocycles. The lowest BCUT2D eigenvalue weighted by molar-refractivity contribution is -0.297. The van der Waals surface area contributed by atoms with E-state index in [1.165, 1.54) is 24.3 Å². The van der Waals surface area contributed by atoms with E-state index in [1.54, 1.807) is 12.1 Å². The van der Waals surface area contributed by atoms with Crippen molar-refractivity contribution < 1.29 is 27.5 Å². The van der Waals surface area contributed by atoms with E-state index in [-0.39, 0.29) is 27.3 Å². The van der Waals surface area contributed by atoms with Gasteiger partial charge in [-0.1, -0.05) is 45.0 Å². The van der Waals surface area contributed by atoms with Gasteiger partial charge in [-0.25, -0.2) is 4.39 Å². The van der Waals surface area contributed by atoms with Crippen LogP contribution in [0.2, 0.25) is 0 Å². The van der Waals surface area contributed by atoms with Gasteiger partial charge in [-0.2, -0.15) is 23.3 Å². The predicted molar refractivity (Wildman–Crippen MR) is 99.9 cm³/mol. The van der Waals surface area contributed by atoms with Crippen molar-refractivity contribution in [1.82, 2.24) is 5.01 Å². The molecule has 1 atom stereocenters. The van der Waals surface area contributed by atoms with Gasteiger partial charge < -0.3 is 5.11 Å². The van der Waals surface area contributed by atoms with E-state index >= 15 is 0 Å². The molecule has 2 aromatic rings. The summed E-state index contributed by atoms with van der Waals surface area (Å²) in [6.07, 6.45) is -6.09. The van der Waals surface area contributed by atoms with Crippen LogP contribution in [-0.2, 0) is 5.41 Å². The fourth-order valence-corrected chi connectivity index (χ4v) is 3.02. The summed E-state index contributed by atoms with van der Waals surface area (Å²) in [4.78, 5) is 12.8. The second-order valence-electron chi connectivity index (χ2n) is 7.99. The maximum absolute atomic E-state index is 13.7. The molecule has 1 heterocycles. The Kier molecular flexibility index (Phi) is 5.03. The number of benzene rings is 2. The Bertz CT molecular complexity index is 945. The van der Waals surface area contributed by atoms with E-state index in [1.807, 2.05) is 20.8 Å². The summed E-state index contributed by atoms with van der Waals surface area (Å²) in [6.45, 7) is 5.89. The Morgan fingerprint density at radius 2 is 1.59 bits per heavy atom. The van der Waals surface area contributed by atoms with Crippen molar-refractivity contribution in [2.24, 2.45) is 5.10 Å². The van der Waals surface area contributed by atoms with Crippen LogP contribution in [0.5, 0.6) is 0 Å². The molecular formula is C21H20F4N2O2. The number of amides is 1. The standard InChI is InChI=1S/C21H20F4N2O2/c1-19(2,3)15-8-4-14(5-9-15)18(28)27-20(29,21(23,24)25)12-17(26-27)13-6-10-16(22)11-7-13/h4-11,29H,12H2,1-3H3/t20-/m1/s1. The first-order chi connectivity index (χ1) is 13.3. The van der Waals surface area contributed by atoms with Crippen molar-refractivity contribution in [2.45, 2.75) is 44.5 Å². The van der Waals surface area contributed by atoms with Gasteiger partial charge in [0.25, 0.3) is 11.6 Å². The largest absolute Gasteiger partial charge is 0.438 e. The van der Waals surface area contributed by atoms with Crippen LogP contribution in [0.15, 0.2) is 53.6 Å². The van der Waals surface area contributed by atoms with Crippen molar-refractivity contribution in [2.75, 3.05) is 0 Å². The average Bonchev–Trinajstić information content (AvgIpc) is 3.00. The SMILES string of the molecule is CC(C)(C)c1ccc(C(=O)N2N=C(c3ccc(F)cc3)C[C@@]2(O)C(F)(F)F)cc1. The Morgan fingerprint density at radius 3 is 2.07 bits per heavy atom. The number of hydrogen-bond donors (Lipinski definition) is 1. The molecule has 0 unspecified atom stereocenters. The molecule has 1 N–H and O–H groups in total. The number of rotatable bonds is 2. The van der Waals surface area contributed by atoms with Gasteiger partial charge in [0.2, 0.25) is 0 Å². The Balaban J connectivity index is 2.00. The smallest absolute Gasteiger partial charge is 0.362 e. The molecule has 8 heteroatoms. The Labute approximate surface area is 165 Å². The zero-order valence-electron chi connectivity index (χ0n) is 16.1. The minimum atomic E-state index is -5.14. The van der Waals surface area contributed by atoms with Gasteiger partial charge in [0.05, 0.1) is 12.1 Å². The lowest BCUT2D eigenvalue weighted by Crippen LogP contribution is -2.56. The van der Waals surface area contributed by atoms with Gasteiger partial charge in [0, 0.05) is 5.56 Å². The van der Waals surface area contributed by atoms with Gasteiger partial charge in [0.15, 0.2) is 0 Å². The third kappa shape index (κ3) is 3.89. The normalized spacial score (nSPS) is 20.0. The van der Waals surface area contributed by atoms with Crippen LogP contribution in [-0.4, -0.2) is 33.6 Å². The van der Waals surface area contributed by atoms with E-state index in [0.717, 1.165) is 17.7 Å². The fraction of sp³-hybridized carbons (Fsp3) is 0.333. The van der Waals surface area contributed by atoms with E-state index in [4.69, 9.17) is 0 Å². The molecule has 0 fully saturated rings. The van der Waals surface area contributed by atoms with E-state index in [0.29, 0.717) is 0 Å². The first-order valence-corrected chi connectivity index (χ1v) is 8.90. The van der Waals surface area contributed by atoms with Crippen LogP contribution in [0.25, 0.3) is 0 Å². The molecule has 3 rings (SSSR count). The number of nitrogens with zero attached hydrogens (tertiary/aromatic N) is 2. The minimum absolute atomic E-state index is 0.0372. The maximum atomic E-state index is 13.7. The first kappa shape index (κ1) is 21.0. The highest BCUT2D eigenvalue weighted by Gasteiger charge is 2.63. The van der Waals surface area contributed by atoms with E-state index in [9.17, 15) is 27.5 Å². The fourth-order valence-electron chi connectivity index (χ4n) is 3.02. The number of halogens is 4. The molecule has 29 heavy (non-hydrogen) atoms. The molecule has 1 aliphatic heterocycles. The third-order valence-corrected chi connectivity index (χ3v) is 4.81. The molecule has 4 nitrogen and oxygen atoms in total. The van der Waals surface area contributed by atoms with Crippen LogP contribution < -0.4 is 0 Å². The number of carbonyl (C=O) groups is 1. The number of hydrazone groups is 1. The molecule has 2 aromatic carbocycles.